The number of carbonyl (C=O) groups is 3. The third kappa shape index (κ3) is 11.6. The zero-order valence-electron chi connectivity index (χ0n) is 25.4. The van der Waals surface area contributed by atoms with Gasteiger partial charge in [0.15, 0.2) is 0 Å². The molecule has 0 saturated carbocycles. The van der Waals surface area contributed by atoms with Crippen LogP contribution >= 0.6 is 15.9 Å². The number of nitrogens with one attached hydrogen (secondary N) is 1. The number of aryl methyl sites for hydroxylation is 3. The molecule has 2 N–H and O–H groups in total. The van der Waals surface area contributed by atoms with E-state index in [9.17, 15) is 18.8 Å². The van der Waals surface area contributed by atoms with Crippen LogP contribution in [0.25, 0.3) is 0 Å². The SMILES string of the molecule is CC/C=C(\C)N(C(=O)/C(Br)=C(\C)CCC)c1cc(C(=O)NCCCC(=O)O)ccc1C.CCc1ccc(C)cc1F. The summed E-state index contributed by atoms with van der Waals surface area (Å²) in [5.41, 5.74) is 5.48. The van der Waals surface area contributed by atoms with Crippen molar-refractivity contribution in [1.29, 1.82) is 0 Å². The molecule has 0 fully saturated rings. The zero-order valence-corrected chi connectivity index (χ0v) is 27.0. The lowest BCUT2D eigenvalue weighted by molar-refractivity contribution is -0.137. The number of benzene rings is 2. The minimum Gasteiger partial charge on any atom is -0.481 e. The Hall–Kier alpha value is -3.26. The molecule has 0 atom stereocenters. The normalized spacial score (nSPS) is 11.7. The number of hydrogen-bond acceptors (Lipinski definition) is 3. The summed E-state index contributed by atoms with van der Waals surface area (Å²) in [5.74, 6) is -1.44. The van der Waals surface area contributed by atoms with Crippen LogP contribution in [0.3, 0.4) is 0 Å². The van der Waals surface area contributed by atoms with Crippen LogP contribution in [0.15, 0.2) is 58.2 Å². The molecule has 2 amide bonds. The number of allylic oxidation sites excluding steroid dienone is 3. The Labute approximate surface area is 252 Å². The number of carboxylic acid groups (broad SMARTS) is 1. The number of rotatable bonds is 12. The Morgan fingerprint density at radius 1 is 1.02 bits per heavy atom. The number of hydrogen-bond donors (Lipinski definition) is 2. The lowest BCUT2D eigenvalue weighted by Crippen LogP contribution is -2.31. The van der Waals surface area contributed by atoms with E-state index in [1.807, 2.05) is 65.8 Å². The Balaban J connectivity index is 0.000000702. The summed E-state index contributed by atoms with van der Waals surface area (Å²) in [6.07, 6.45) is 5.63. The first-order chi connectivity index (χ1) is 19.4. The highest BCUT2D eigenvalue weighted by atomic mass is 79.9. The molecule has 2 aromatic rings. The standard InChI is InChI=1S/C24H33BrN2O4.C9H11F/c1-6-9-17(4)22(25)24(31)27(18(5)10-7-2)20-15-19(13-12-16(20)3)23(30)26-14-8-11-21(28)29;1-3-8-5-4-7(2)6-9(8)10/h10,12-13,15H,6-9,11,14H2,1-5H3,(H,26,30)(H,28,29);4-6H,3H2,1-2H3/b18-10+,22-17-;. The highest BCUT2D eigenvalue weighted by Crippen LogP contribution is 2.30. The lowest BCUT2D eigenvalue weighted by atomic mass is 10.1. The molecule has 8 heteroatoms. The minimum atomic E-state index is -0.892. The van der Waals surface area contributed by atoms with Crippen molar-refractivity contribution < 1.29 is 23.9 Å². The van der Waals surface area contributed by atoms with Gasteiger partial charge in [-0.3, -0.25) is 19.3 Å². The van der Waals surface area contributed by atoms with E-state index in [4.69, 9.17) is 5.11 Å². The quantitative estimate of drug-likeness (QED) is 0.182. The first-order valence-electron chi connectivity index (χ1n) is 14.1. The van der Waals surface area contributed by atoms with Crippen molar-refractivity contribution in [2.75, 3.05) is 11.4 Å². The Kier molecular flexibility index (Phi) is 15.9. The first kappa shape index (κ1) is 35.8. The third-order valence-electron chi connectivity index (χ3n) is 6.40. The Morgan fingerprint density at radius 3 is 2.27 bits per heavy atom. The van der Waals surface area contributed by atoms with E-state index >= 15 is 0 Å². The molecule has 224 valence electrons. The van der Waals surface area contributed by atoms with Crippen LogP contribution in [0, 0.1) is 19.7 Å². The molecular weight excluding hydrogens is 587 g/mol. The van der Waals surface area contributed by atoms with Gasteiger partial charge in [0.25, 0.3) is 11.8 Å². The maximum absolute atomic E-state index is 13.4. The van der Waals surface area contributed by atoms with E-state index in [-0.39, 0.29) is 30.6 Å². The molecule has 2 rings (SSSR count). The predicted octanol–water partition coefficient (Wildman–Crippen LogP) is 8.40. The molecule has 0 radical (unpaired) electrons. The molecule has 0 aromatic heterocycles. The van der Waals surface area contributed by atoms with Crippen LogP contribution in [0.4, 0.5) is 10.1 Å². The third-order valence-corrected chi connectivity index (χ3v) is 7.41. The van der Waals surface area contributed by atoms with Crippen molar-refractivity contribution in [2.24, 2.45) is 0 Å². The molecule has 2 aromatic carbocycles. The van der Waals surface area contributed by atoms with Crippen molar-refractivity contribution in [3.8, 4) is 0 Å². The summed E-state index contributed by atoms with van der Waals surface area (Å²) >= 11 is 3.49. The average Bonchev–Trinajstić information content (AvgIpc) is 2.92. The molecule has 0 saturated heterocycles. The van der Waals surface area contributed by atoms with Crippen molar-refractivity contribution in [3.63, 3.8) is 0 Å². The van der Waals surface area contributed by atoms with Gasteiger partial charge in [-0.15, -0.1) is 0 Å². The molecular formula is C33H44BrFN2O4. The highest BCUT2D eigenvalue weighted by Gasteiger charge is 2.24. The number of carboxylic acids is 1. The van der Waals surface area contributed by atoms with Crippen LogP contribution < -0.4 is 10.2 Å². The van der Waals surface area contributed by atoms with Gasteiger partial charge in [-0.1, -0.05) is 57.0 Å². The second-order valence-corrected chi connectivity index (χ2v) is 10.7. The van der Waals surface area contributed by atoms with Gasteiger partial charge in [-0.2, -0.15) is 0 Å². The molecule has 0 spiro atoms. The molecule has 0 aliphatic carbocycles. The Bertz CT molecular complexity index is 1270. The van der Waals surface area contributed by atoms with E-state index in [0.717, 1.165) is 53.6 Å². The molecule has 0 aliphatic heterocycles. The van der Waals surface area contributed by atoms with Gasteiger partial charge < -0.3 is 10.4 Å². The number of aliphatic carboxylic acids is 1. The minimum absolute atomic E-state index is 0.000186. The summed E-state index contributed by atoms with van der Waals surface area (Å²) < 4.78 is 13.4. The van der Waals surface area contributed by atoms with Gasteiger partial charge in [-0.05, 0) is 104 Å². The van der Waals surface area contributed by atoms with Crippen LogP contribution in [-0.4, -0.2) is 29.4 Å². The van der Waals surface area contributed by atoms with Crippen LogP contribution in [-0.2, 0) is 16.0 Å². The van der Waals surface area contributed by atoms with E-state index in [1.54, 1.807) is 23.1 Å². The topological polar surface area (TPSA) is 86.7 Å². The fourth-order valence-corrected chi connectivity index (χ4v) is 4.46. The monoisotopic (exact) mass is 630 g/mol. The van der Waals surface area contributed by atoms with E-state index in [0.29, 0.717) is 22.2 Å². The van der Waals surface area contributed by atoms with Gasteiger partial charge in [0.1, 0.15) is 5.82 Å². The average molecular weight is 632 g/mol. The number of halogens is 2. The summed E-state index contributed by atoms with van der Waals surface area (Å²) in [4.78, 5) is 38.3. The smallest absolute Gasteiger partial charge is 0.303 e. The fourth-order valence-electron chi connectivity index (χ4n) is 4.09. The van der Waals surface area contributed by atoms with Crippen LogP contribution in [0.1, 0.15) is 93.8 Å². The zero-order chi connectivity index (χ0) is 31.1. The Morgan fingerprint density at radius 2 is 1.71 bits per heavy atom. The summed E-state index contributed by atoms with van der Waals surface area (Å²) in [5, 5.41) is 11.5. The van der Waals surface area contributed by atoms with Gasteiger partial charge in [-0.25, -0.2) is 4.39 Å². The van der Waals surface area contributed by atoms with Gasteiger partial charge >= 0.3 is 5.97 Å². The molecule has 6 nitrogen and oxygen atoms in total. The summed E-state index contributed by atoms with van der Waals surface area (Å²) in [6, 6.07) is 10.6. The van der Waals surface area contributed by atoms with Crippen LogP contribution in [0.5, 0.6) is 0 Å². The van der Waals surface area contributed by atoms with Crippen LogP contribution in [0.2, 0.25) is 0 Å². The number of amides is 2. The van der Waals surface area contributed by atoms with Gasteiger partial charge in [0.05, 0.1) is 10.2 Å². The highest BCUT2D eigenvalue weighted by molar-refractivity contribution is 9.12. The van der Waals surface area contributed by atoms with Gasteiger partial charge in [0.2, 0.25) is 0 Å². The molecule has 0 aliphatic rings. The van der Waals surface area contributed by atoms with Crippen molar-refractivity contribution in [1.82, 2.24) is 5.32 Å². The van der Waals surface area contributed by atoms with Gasteiger partial charge in [0, 0.05) is 24.2 Å². The molecule has 0 bridgehead atoms. The fraction of sp³-hybridized carbons (Fsp3) is 0.424. The molecule has 0 unspecified atom stereocenters. The van der Waals surface area contributed by atoms with E-state index in [1.165, 1.54) is 0 Å². The van der Waals surface area contributed by atoms with Crippen molar-refractivity contribution >= 4 is 39.4 Å². The second kappa shape index (κ2) is 18.2. The second-order valence-electron chi connectivity index (χ2n) is 9.94. The van der Waals surface area contributed by atoms with E-state index in [2.05, 4.69) is 28.2 Å². The van der Waals surface area contributed by atoms with E-state index < -0.39 is 5.97 Å². The molecule has 41 heavy (non-hydrogen) atoms. The maximum atomic E-state index is 13.4. The number of anilines is 1. The number of nitrogens with zero attached hydrogens (tertiary/aromatic N) is 1. The van der Waals surface area contributed by atoms with Crippen molar-refractivity contribution in [2.45, 2.75) is 87.0 Å². The van der Waals surface area contributed by atoms with Crippen molar-refractivity contribution in [3.05, 3.63) is 86.3 Å². The first-order valence-corrected chi connectivity index (χ1v) is 14.9. The predicted molar refractivity (Wildman–Crippen MR) is 169 cm³/mol. The molecule has 0 heterocycles. The summed E-state index contributed by atoms with van der Waals surface area (Å²) in [6.45, 7) is 13.9. The largest absolute Gasteiger partial charge is 0.481 e. The lowest BCUT2D eigenvalue weighted by Gasteiger charge is -2.26. The number of carbonyl (C=O) groups excluding carboxylic acids is 2. The summed E-state index contributed by atoms with van der Waals surface area (Å²) in [7, 11) is 0. The maximum Gasteiger partial charge on any atom is 0.303 e.